The largest absolute Gasteiger partial charge is 0.310 e. The second-order valence-electron chi connectivity index (χ2n) is 12.2. The molecule has 0 saturated carbocycles. The molecule has 0 fully saturated rings. The highest BCUT2D eigenvalue weighted by molar-refractivity contribution is 7.26. The van der Waals surface area contributed by atoms with Crippen LogP contribution in [0.25, 0.3) is 64.3 Å². The Labute approximate surface area is 284 Å². The molecule has 0 aliphatic heterocycles. The third-order valence-corrected chi connectivity index (χ3v) is 10.5. The number of hydrogen-bond donors (Lipinski definition) is 0. The zero-order chi connectivity index (χ0) is 31.9. The number of nitrogens with zero attached hydrogens (tertiary/aromatic N) is 1. The Morgan fingerprint density at radius 3 is 1.52 bits per heavy atom. The monoisotopic (exact) mass is 629 g/mol. The topological polar surface area (TPSA) is 3.24 Å². The number of rotatable bonds is 6. The standard InChI is InChI=1S/C46H31NS/c1-3-11-32(12-4-1)35-21-25-39(26-22-35)47(40-27-23-36(24-28-40)33-13-5-2-6-14-33)43-30-29-42-41-17-9-10-18-44(41)48-46(42)45(43)38-20-19-34-15-7-8-16-37(34)31-38/h1-31H. The summed E-state index contributed by atoms with van der Waals surface area (Å²) in [4.78, 5) is 2.43. The second kappa shape index (κ2) is 12.0. The van der Waals surface area contributed by atoms with Crippen LogP contribution in [0, 0.1) is 0 Å². The lowest BCUT2D eigenvalue weighted by Gasteiger charge is -2.29. The minimum atomic E-state index is 1.12. The first-order valence-corrected chi connectivity index (χ1v) is 17.2. The van der Waals surface area contributed by atoms with Crippen LogP contribution in [0.1, 0.15) is 0 Å². The summed E-state index contributed by atoms with van der Waals surface area (Å²) in [6.07, 6.45) is 0. The molecule has 0 radical (unpaired) electrons. The van der Waals surface area contributed by atoms with Gasteiger partial charge in [0.2, 0.25) is 0 Å². The minimum Gasteiger partial charge on any atom is -0.310 e. The molecule has 0 aliphatic carbocycles. The molecule has 1 nitrogen and oxygen atoms in total. The van der Waals surface area contributed by atoms with Crippen molar-refractivity contribution in [3.8, 4) is 33.4 Å². The summed E-state index contributed by atoms with van der Waals surface area (Å²) in [7, 11) is 0. The van der Waals surface area contributed by atoms with Crippen LogP contribution in [0.5, 0.6) is 0 Å². The molecule has 48 heavy (non-hydrogen) atoms. The Morgan fingerprint density at radius 2 is 0.875 bits per heavy atom. The summed E-state index contributed by atoms with van der Waals surface area (Å²) in [6.45, 7) is 0. The molecular formula is C46H31NS. The first-order valence-electron chi connectivity index (χ1n) is 16.3. The van der Waals surface area contributed by atoms with Gasteiger partial charge in [-0.3, -0.25) is 0 Å². The second-order valence-corrected chi connectivity index (χ2v) is 13.2. The van der Waals surface area contributed by atoms with E-state index in [1.807, 2.05) is 11.3 Å². The Balaban J connectivity index is 1.29. The van der Waals surface area contributed by atoms with Crippen LogP contribution in [0.2, 0.25) is 0 Å². The number of hydrogen-bond acceptors (Lipinski definition) is 2. The van der Waals surface area contributed by atoms with Crippen LogP contribution in [0.3, 0.4) is 0 Å². The van der Waals surface area contributed by atoms with Gasteiger partial charge in [-0.1, -0.05) is 146 Å². The Hall–Kier alpha value is -5.96. The molecule has 0 aliphatic rings. The molecule has 1 aromatic heterocycles. The quantitative estimate of drug-likeness (QED) is 0.177. The molecule has 9 aromatic rings. The molecule has 0 bridgehead atoms. The molecule has 8 aromatic carbocycles. The summed E-state index contributed by atoms with van der Waals surface area (Å²) < 4.78 is 2.61. The van der Waals surface area contributed by atoms with E-state index in [0.29, 0.717) is 0 Å². The van der Waals surface area contributed by atoms with Crippen molar-refractivity contribution in [3.63, 3.8) is 0 Å². The lowest BCUT2D eigenvalue weighted by molar-refractivity contribution is 1.29. The van der Waals surface area contributed by atoms with E-state index < -0.39 is 0 Å². The highest BCUT2D eigenvalue weighted by Gasteiger charge is 2.22. The van der Waals surface area contributed by atoms with Gasteiger partial charge in [-0.05, 0) is 81.1 Å². The number of anilines is 3. The SMILES string of the molecule is c1ccc(-c2ccc(N(c3ccc(-c4ccccc4)cc3)c3ccc4c(sc5ccccc54)c3-c3ccc4ccccc4c3)cc2)cc1. The molecule has 0 N–H and O–H groups in total. The van der Waals surface area contributed by atoms with Crippen LogP contribution in [-0.4, -0.2) is 0 Å². The van der Waals surface area contributed by atoms with Crippen molar-refractivity contribution in [1.29, 1.82) is 0 Å². The normalized spacial score (nSPS) is 11.3. The summed E-state index contributed by atoms with van der Waals surface area (Å²) in [5, 5.41) is 5.08. The fraction of sp³-hybridized carbons (Fsp3) is 0. The van der Waals surface area contributed by atoms with E-state index >= 15 is 0 Å². The molecule has 0 spiro atoms. The predicted molar refractivity (Wildman–Crippen MR) is 208 cm³/mol. The molecule has 0 amide bonds. The molecule has 226 valence electrons. The maximum atomic E-state index is 2.43. The lowest BCUT2D eigenvalue weighted by Crippen LogP contribution is -2.11. The fourth-order valence-corrected chi connectivity index (χ4v) is 8.15. The highest BCUT2D eigenvalue weighted by Crippen LogP contribution is 2.49. The van der Waals surface area contributed by atoms with Gasteiger partial charge in [0.1, 0.15) is 0 Å². The van der Waals surface area contributed by atoms with Crippen LogP contribution < -0.4 is 4.90 Å². The summed E-state index contributed by atoms with van der Waals surface area (Å²) in [5.74, 6) is 0. The van der Waals surface area contributed by atoms with Gasteiger partial charge in [-0.2, -0.15) is 0 Å². The molecular weight excluding hydrogens is 599 g/mol. The lowest BCUT2D eigenvalue weighted by atomic mass is 9.96. The van der Waals surface area contributed by atoms with Gasteiger partial charge in [0.25, 0.3) is 0 Å². The fourth-order valence-electron chi connectivity index (χ4n) is 6.88. The smallest absolute Gasteiger partial charge is 0.0554 e. The number of fused-ring (bicyclic) bond motifs is 4. The minimum absolute atomic E-state index is 1.12. The van der Waals surface area contributed by atoms with E-state index in [1.165, 1.54) is 64.3 Å². The van der Waals surface area contributed by atoms with Crippen molar-refractivity contribution in [2.45, 2.75) is 0 Å². The van der Waals surface area contributed by atoms with Crippen molar-refractivity contribution in [2.24, 2.45) is 0 Å². The van der Waals surface area contributed by atoms with Crippen molar-refractivity contribution in [1.82, 2.24) is 0 Å². The number of benzene rings is 8. The van der Waals surface area contributed by atoms with Crippen LogP contribution in [-0.2, 0) is 0 Å². The Bertz CT molecular complexity index is 2450. The van der Waals surface area contributed by atoms with Gasteiger partial charge >= 0.3 is 0 Å². The zero-order valence-electron chi connectivity index (χ0n) is 26.3. The van der Waals surface area contributed by atoms with Crippen LogP contribution in [0.4, 0.5) is 17.1 Å². The van der Waals surface area contributed by atoms with E-state index in [1.54, 1.807) is 0 Å². The van der Waals surface area contributed by atoms with E-state index in [2.05, 4.69) is 193 Å². The molecule has 1 heterocycles. The first kappa shape index (κ1) is 28.3. The van der Waals surface area contributed by atoms with Crippen molar-refractivity contribution >= 4 is 59.3 Å². The summed E-state index contributed by atoms with van der Waals surface area (Å²) in [5.41, 5.74) is 10.7. The first-order chi connectivity index (χ1) is 23.8. The number of thiophene rings is 1. The predicted octanol–water partition coefficient (Wildman–Crippen LogP) is 13.7. The average Bonchev–Trinajstić information content (AvgIpc) is 3.55. The van der Waals surface area contributed by atoms with Gasteiger partial charge in [-0.25, -0.2) is 0 Å². The van der Waals surface area contributed by atoms with E-state index in [9.17, 15) is 0 Å². The Kier molecular flexibility index (Phi) is 7.07. The van der Waals surface area contributed by atoms with E-state index in [0.717, 1.165) is 17.1 Å². The van der Waals surface area contributed by atoms with Gasteiger partial charge in [-0.15, -0.1) is 11.3 Å². The summed E-state index contributed by atoms with van der Waals surface area (Å²) >= 11 is 1.88. The van der Waals surface area contributed by atoms with Gasteiger partial charge < -0.3 is 4.90 Å². The maximum Gasteiger partial charge on any atom is 0.0554 e. The van der Waals surface area contributed by atoms with Crippen molar-refractivity contribution in [2.75, 3.05) is 4.90 Å². The van der Waals surface area contributed by atoms with Crippen LogP contribution in [0.15, 0.2) is 188 Å². The van der Waals surface area contributed by atoms with Crippen molar-refractivity contribution in [3.05, 3.63) is 188 Å². The molecule has 0 atom stereocenters. The maximum absolute atomic E-state index is 2.43. The van der Waals surface area contributed by atoms with E-state index in [-0.39, 0.29) is 0 Å². The zero-order valence-corrected chi connectivity index (χ0v) is 27.1. The molecule has 9 rings (SSSR count). The summed E-state index contributed by atoms with van der Waals surface area (Å²) in [6, 6.07) is 68.1. The molecule has 0 unspecified atom stereocenters. The molecule has 0 saturated heterocycles. The van der Waals surface area contributed by atoms with Gasteiger partial charge in [0.15, 0.2) is 0 Å². The van der Waals surface area contributed by atoms with Crippen molar-refractivity contribution < 1.29 is 0 Å². The van der Waals surface area contributed by atoms with Gasteiger partial charge in [0.05, 0.1) is 5.69 Å². The van der Waals surface area contributed by atoms with Crippen LogP contribution >= 0.6 is 11.3 Å². The Morgan fingerprint density at radius 1 is 0.354 bits per heavy atom. The van der Waals surface area contributed by atoms with Gasteiger partial charge in [0, 0.05) is 37.1 Å². The third-order valence-electron chi connectivity index (χ3n) is 9.27. The van der Waals surface area contributed by atoms with E-state index in [4.69, 9.17) is 0 Å². The third kappa shape index (κ3) is 5.04. The highest BCUT2D eigenvalue weighted by atomic mass is 32.1. The molecule has 2 heteroatoms. The average molecular weight is 630 g/mol.